The third kappa shape index (κ3) is 1.31. The summed E-state index contributed by atoms with van der Waals surface area (Å²) in [5.41, 5.74) is 1.07. The quantitative estimate of drug-likeness (QED) is 0.840. The summed E-state index contributed by atoms with van der Waals surface area (Å²) in [4.78, 5) is 23.0. The highest BCUT2D eigenvalue weighted by Crippen LogP contribution is 2.30. The van der Waals surface area contributed by atoms with Crippen molar-refractivity contribution in [1.29, 1.82) is 0 Å². The third-order valence-corrected chi connectivity index (χ3v) is 3.47. The van der Waals surface area contributed by atoms with Crippen LogP contribution in [0.5, 0.6) is 0 Å². The molecule has 0 fully saturated rings. The lowest BCUT2D eigenvalue weighted by Gasteiger charge is -2.06. The molecular weight excluding hydrogens is 242 g/mol. The molecule has 5 heteroatoms. The number of carbonyl (C=O) groups is 1. The van der Waals surface area contributed by atoms with Gasteiger partial charge in [-0.25, -0.2) is 4.79 Å². The van der Waals surface area contributed by atoms with E-state index in [1.807, 2.05) is 0 Å². The minimum Gasteiger partial charge on any atom is -0.477 e. The van der Waals surface area contributed by atoms with Gasteiger partial charge < -0.3 is 9.67 Å². The van der Waals surface area contributed by atoms with E-state index < -0.39 is 11.4 Å². The Hall–Kier alpha value is -1.81. The van der Waals surface area contributed by atoms with Crippen LogP contribution in [-0.2, 0) is 13.0 Å². The molecule has 17 heavy (non-hydrogen) atoms. The second-order valence-corrected chi connectivity index (χ2v) is 4.45. The molecule has 0 atom stereocenters. The first-order valence-electron chi connectivity index (χ1n) is 5.17. The van der Waals surface area contributed by atoms with Crippen molar-refractivity contribution in [1.82, 2.24) is 4.57 Å². The summed E-state index contributed by atoms with van der Waals surface area (Å²) in [6.45, 7) is 0.663. The van der Waals surface area contributed by atoms with E-state index in [0.717, 1.165) is 17.5 Å². The standard InChI is InChI=1S/C12H8ClNO3/c13-9-2-1-7-10-6(9)3-4-14(10)5-8(11(7)15)12(16)17/h1-2,5H,3-4H2,(H,16,17). The van der Waals surface area contributed by atoms with Crippen LogP contribution in [0.1, 0.15) is 15.9 Å². The Bertz CT molecular complexity index is 718. The van der Waals surface area contributed by atoms with Crippen molar-refractivity contribution in [2.45, 2.75) is 13.0 Å². The molecule has 1 N–H and O–H groups in total. The highest BCUT2D eigenvalue weighted by atomic mass is 35.5. The Balaban J connectivity index is 2.53. The maximum Gasteiger partial charge on any atom is 0.341 e. The molecule has 0 radical (unpaired) electrons. The van der Waals surface area contributed by atoms with Gasteiger partial charge >= 0.3 is 5.97 Å². The van der Waals surface area contributed by atoms with E-state index >= 15 is 0 Å². The topological polar surface area (TPSA) is 59.3 Å². The molecule has 0 saturated heterocycles. The van der Waals surface area contributed by atoms with E-state index in [4.69, 9.17) is 16.7 Å². The molecule has 1 aliphatic rings. The highest BCUT2D eigenvalue weighted by molar-refractivity contribution is 6.32. The molecule has 0 bridgehead atoms. The molecule has 1 aromatic carbocycles. The van der Waals surface area contributed by atoms with Gasteiger partial charge in [-0.2, -0.15) is 0 Å². The van der Waals surface area contributed by atoms with Crippen LogP contribution in [0.15, 0.2) is 23.1 Å². The first kappa shape index (κ1) is 10.4. The molecule has 0 aliphatic carbocycles. The van der Waals surface area contributed by atoms with E-state index in [2.05, 4.69) is 0 Å². The van der Waals surface area contributed by atoms with E-state index in [9.17, 15) is 9.59 Å². The zero-order valence-electron chi connectivity index (χ0n) is 8.74. The Kier molecular flexibility index (Phi) is 2.03. The van der Waals surface area contributed by atoms with E-state index in [1.165, 1.54) is 6.20 Å². The second-order valence-electron chi connectivity index (χ2n) is 4.04. The Morgan fingerprint density at radius 2 is 2.18 bits per heavy atom. The van der Waals surface area contributed by atoms with Crippen LogP contribution in [0.2, 0.25) is 5.02 Å². The first-order chi connectivity index (χ1) is 8.09. The molecule has 2 aromatic rings. The van der Waals surface area contributed by atoms with Crippen molar-refractivity contribution in [3.63, 3.8) is 0 Å². The fourth-order valence-electron chi connectivity index (χ4n) is 2.35. The number of aryl methyl sites for hydroxylation is 2. The highest BCUT2D eigenvalue weighted by Gasteiger charge is 2.21. The normalized spacial score (nSPS) is 13.2. The number of aromatic nitrogens is 1. The van der Waals surface area contributed by atoms with Crippen molar-refractivity contribution >= 4 is 28.5 Å². The summed E-state index contributed by atoms with van der Waals surface area (Å²) in [5, 5.41) is 10.0. The predicted molar refractivity (Wildman–Crippen MR) is 63.9 cm³/mol. The van der Waals surface area contributed by atoms with Crippen LogP contribution in [0.4, 0.5) is 0 Å². The minimum atomic E-state index is -1.19. The maximum atomic E-state index is 12.0. The van der Waals surface area contributed by atoms with Crippen LogP contribution in [0.25, 0.3) is 10.9 Å². The average molecular weight is 250 g/mol. The van der Waals surface area contributed by atoms with Gasteiger partial charge in [-0.05, 0) is 24.1 Å². The van der Waals surface area contributed by atoms with Gasteiger partial charge in [-0.3, -0.25) is 4.79 Å². The Labute approximate surface area is 101 Å². The van der Waals surface area contributed by atoms with Gasteiger partial charge in [0.2, 0.25) is 5.43 Å². The van der Waals surface area contributed by atoms with Crippen LogP contribution in [-0.4, -0.2) is 15.6 Å². The zero-order chi connectivity index (χ0) is 12.2. The van der Waals surface area contributed by atoms with Crippen molar-refractivity contribution in [3.05, 3.63) is 44.7 Å². The van der Waals surface area contributed by atoms with Crippen LogP contribution in [0.3, 0.4) is 0 Å². The fraction of sp³-hybridized carbons (Fsp3) is 0.167. The summed E-state index contributed by atoms with van der Waals surface area (Å²) < 4.78 is 1.79. The number of carboxylic acids is 1. The molecule has 3 rings (SSSR count). The number of aromatic carboxylic acids is 1. The predicted octanol–water partition coefficient (Wildman–Crippen LogP) is 1.91. The summed E-state index contributed by atoms with van der Waals surface area (Å²) in [6, 6.07) is 3.25. The van der Waals surface area contributed by atoms with Crippen LogP contribution >= 0.6 is 11.6 Å². The summed E-state index contributed by atoms with van der Waals surface area (Å²) in [5.74, 6) is -1.19. The largest absolute Gasteiger partial charge is 0.477 e. The molecule has 0 amide bonds. The van der Waals surface area contributed by atoms with Crippen LogP contribution in [0, 0.1) is 0 Å². The van der Waals surface area contributed by atoms with E-state index in [1.54, 1.807) is 16.7 Å². The summed E-state index contributed by atoms with van der Waals surface area (Å²) >= 11 is 6.06. The average Bonchev–Trinajstić information content (AvgIpc) is 2.70. The SMILES string of the molecule is O=C(O)c1cn2c3c(c(Cl)ccc3c1=O)CC2. The zero-order valence-corrected chi connectivity index (χ0v) is 9.49. The smallest absolute Gasteiger partial charge is 0.341 e. The molecule has 1 aliphatic heterocycles. The Morgan fingerprint density at radius 3 is 2.88 bits per heavy atom. The number of carboxylic acid groups (broad SMARTS) is 1. The number of halogens is 1. The van der Waals surface area contributed by atoms with Crippen molar-refractivity contribution < 1.29 is 9.90 Å². The fourth-order valence-corrected chi connectivity index (χ4v) is 2.59. The number of benzene rings is 1. The monoisotopic (exact) mass is 249 g/mol. The van der Waals surface area contributed by atoms with E-state index in [0.29, 0.717) is 17.0 Å². The molecule has 0 unspecified atom stereocenters. The molecule has 2 heterocycles. The van der Waals surface area contributed by atoms with Crippen molar-refractivity contribution in [2.75, 3.05) is 0 Å². The van der Waals surface area contributed by atoms with Gasteiger partial charge in [0, 0.05) is 23.2 Å². The van der Waals surface area contributed by atoms with Gasteiger partial charge in [0.15, 0.2) is 0 Å². The summed E-state index contributed by atoms with van der Waals surface area (Å²) in [6.07, 6.45) is 2.14. The Morgan fingerprint density at radius 1 is 1.41 bits per heavy atom. The molecule has 0 saturated carbocycles. The number of hydrogen-bond acceptors (Lipinski definition) is 2. The van der Waals surface area contributed by atoms with Gasteiger partial charge in [-0.15, -0.1) is 0 Å². The van der Waals surface area contributed by atoms with Gasteiger partial charge in [0.1, 0.15) is 5.56 Å². The molecular formula is C12H8ClNO3. The lowest BCUT2D eigenvalue weighted by atomic mass is 10.1. The first-order valence-corrected chi connectivity index (χ1v) is 5.55. The van der Waals surface area contributed by atoms with Crippen molar-refractivity contribution in [3.8, 4) is 0 Å². The number of rotatable bonds is 1. The van der Waals surface area contributed by atoms with Gasteiger partial charge in [-0.1, -0.05) is 11.6 Å². The van der Waals surface area contributed by atoms with Crippen LogP contribution < -0.4 is 5.43 Å². The van der Waals surface area contributed by atoms with E-state index in [-0.39, 0.29) is 5.56 Å². The lowest BCUT2D eigenvalue weighted by Crippen LogP contribution is -2.17. The number of pyridine rings is 1. The lowest BCUT2D eigenvalue weighted by molar-refractivity contribution is 0.0695. The second kappa shape index (κ2) is 3.34. The molecule has 4 nitrogen and oxygen atoms in total. The number of nitrogens with zero attached hydrogens (tertiary/aromatic N) is 1. The van der Waals surface area contributed by atoms with Gasteiger partial charge in [0.05, 0.1) is 5.52 Å². The molecule has 86 valence electrons. The molecule has 1 aromatic heterocycles. The van der Waals surface area contributed by atoms with Crippen molar-refractivity contribution in [2.24, 2.45) is 0 Å². The summed E-state index contributed by atoms with van der Waals surface area (Å²) in [7, 11) is 0. The minimum absolute atomic E-state index is 0.187. The van der Waals surface area contributed by atoms with Gasteiger partial charge in [0.25, 0.3) is 0 Å². The number of hydrogen-bond donors (Lipinski definition) is 1. The third-order valence-electron chi connectivity index (χ3n) is 3.12. The maximum absolute atomic E-state index is 12.0. The molecule has 0 spiro atoms.